The number of benzene rings is 2. The van der Waals surface area contributed by atoms with Gasteiger partial charge in [-0.3, -0.25) is 9.69 Å². The molecule has 2 aromatic rings. The van der Waals surface area contributed by atoms with E-state index in [9.17, 15) is 22.8 Å². The number of rotatable bonds is 9. The Hall–Kier alpha value is -3.13. The minimum Gasteiger partial charge on any atom is -0.494 e. The molecule has 3 rings (SSSR count). The second kappa shape index (κ2) is 11.8. The molecule has 0 unspecified atom stereocenters. The Morgan fingerprint density at radius 1 is 1.09 bits per heavy atom. The van der Waals surface area contributed by atoms with Crippen LogP contribution in [0.2, 0.25) is 0 Å². The van der Waals surface area contributed by atoms with Gasteiger partial charge in [0.25, 0.3) is 0 Å². The van der Waals surface area contributed by atoms with Crippen molar-refractivity contribution in [1.29, 1.82) is 0 Å². The van der Waals surface area contributed by atoms with Crippen LogP contribution in [0.15, 0.2) is 54.6 Å². The van der Waals surface area contributed by atoms with Gasteiger partial charge in [0.05, 0.1) is 13.0 Å². The number of alkyl halides is 3. The second-order valence-corrected chi connectivity index (χ2v) is 8.20. The average Bonchev–Trinajstić information content (AvgIpc) is 2.81. The van der Waals surface area contributed by atoms with Crippen molar-refractivity contribution in [3.8, 4) is 5.75 Å². The van der Waals surface area contributed by atoms with E-state index in [1.807, 2.05) is 48.2 Å². The quantitative estimate of drug-likeness (QED) is 0.286. The molecule has 1 aliphatic heterocycles. The molecule has 1 heterocycles. The summed E-state index contributed by atoms with van der Waals surface area (Å²) in [5, 5.41) is 0. The van der Waals surface area contributed by atoms with Crippen molar-refractivity contribution < 1.29 is 32.2 Å². The number of esters is 2. The first-order valence-corrected chi connectivity index (χ1v) is 11.2. The van der Waals surface area contributed by atoms with E-state index >= 15 is 0 Å². The fourth-order valence-electron chi connectivity index (χ4n) is 3.82. The van der Waals surface area contributed by atoms with Crippen LogP contribution in [0.5, 0.6) is 5.75 Å². The molecule has 0 radical (unpaired) electrons. The lowest BCUT2D eigenvalue weighted by atomic mass is 9.95. The Morgan fingerprint density at radius 2 is 1.85 bits per heavy atom. The summed E-state index contributed by atoms with van der Waals surface area (Å²) < 4.78 is 46.2. The van der Waals surface area contributed by atoms with Gasteiger partial charge in [0.15, 0.2) is 0 Å². The second-order valence-electron chi connectivity index (χ2n) is 8.20. The van der Waals surface area contributed by atoms with E-state index in [1.54, 1.807) is 0 Å². The molecular weight excluding hydrogens is 447 g/mol. The standard InChI is InChI=1S/C26H28F3NO4/c1-19-18-22(33-17-5-8-20-6-3-2-4-7-20)9-10-23(19)21-11-14-30(15-12-21)16-13-24(31)34-25(32)26(27,28)29/h2-4,6-7,9-11,18H,5,8,12-17H2,1H3. The highest BCUT2D eigenvalue weighted by Gasteiger charge is 2.42. The fourth-order valence-corrected chi connectivity index (χ4v) is 3.82. The number of halogens is 3. The van der Waals surface area contributed by atoms with Gasteiger partial charge >= 0.3 is 18.1 Å². The smallest absolute Gasteiger partial charge is 0.491 e. The molecule has 8 heteroatoms. The highest BCUT2D eigenvalue weighted by atomic mass is 19.4. The van der Waals surface area contributed by atoms with E-state index in [0.29, 0.717) is 19.7 Å². The SMILES string of the molecule is Cc1cc(OCCCc2ccccc2)ccc1C1=CCN(CCC(=O)OC(=O)C(F)(F)F)CC1. The minimum atomic E-state index is -5.17. The van der Waals surface area contributed by atoms with Gasteiger partial charge in [-0.05, 0) is 60.6 Å². The summed E-state index contributed by atoms with van der Waals surface area (Å²) in [6.45, 7) is 4.12. The Kier molecular flexibility index (Phi) is 8.87. The zero-order valence-electron chi connectivity index (χ0n) is 19.1. The number of aryl methyl sites for hydroxylation is 2. The predicted octanol–water partition coefficient (Wildman–Crippen LogP) is 5.12. The topological polar surface area (TPSA) is 55.8 Å². The molecule has 34 heavy (non-hydrogen) atoms. The maximum absolute atomic E-state index is 12.2. The number of carbonyl (C=O) groups excluding carboxylic acids is 2. The van der Waals surface area contributed by atoms with Crippen molar-refractivity contribution in [2.75, 3.05) is 26.2 Å². The summed E-state index contributed by atoms with van der Waals surface area (Å²) >= 11 is 0. The Bertz CT molecular complexity index is 1020. The molecule has 1 aliphatic rings. The Labute approximate surface area is 197 Å². The van der Waals surface area contributed by atoms with Crippen molar-refractivity contribution in [1.82, 2.24) is 4.90 Å². The van der Waals surface area contributed by atoms with Gasteiger partial charge in [0.2, 0.25) is 0 Å². The van der Waals surface area contributed by atoms with Crippen LogP contribution in [0.4, 0.5) is 13.2 Å². The van der Waals surface area contributed by atoms with E-state index in [1.165, 1.54) is 11.1 Å². The van der Waals surface area contributed by atoms with Crippen LogP contribution in [-0.2, 0) is 20.7 Å². The van der Waals surface area contributed by atoms with Gasteiger partial charge in [-0.2, -0.15) is 13.2 Å². The molecule has 0 saturated carbocycles. The molecule has 0 bridgehead atoms. The maximum Gasteiger partial charge on any atom is 0.491 e. The summed E-state index contributed by atoms with van der Waals surface area (Å²) in [6, 6.07) is 16.3. The van der Waals surface area contributed by atoms with Gasteiger partial charge in [-0.15, -0.1) is 0 Å². The lowest BCUT2D eigenvalue weighted by Gasteiger charge is -2.26. The summed E-state index contributed by atoms with van der Waals surface area (Å²) in [5.41, 5.74) is 4.71. The van der Waals surface area contributed by atoms with E-state index in [4.69, 9.17) is 4.74 Å². The molecule has 5 nitrogen and oxygen atoms in total. The number of carbonyl (C=O) groups is 2. The van der Waals surface area contributed by atoms with E-state index in [0.717, 1.165) is 36.1 Å². The molecule has 2 aromatic carbocycles. The zero-order chi connectivity index (χ0) is 24.6. The highest BCUT2D eigenvalue weighted by molar-refractivity contribution is 5.88. The minimum absolute atomic E-state index is 0.225. The van der Waals surface area contributed by atoms with Crippen molar-refractivity contribution in [3.05, 3.63) is 71.3 Å². The first-order chi connectivity index (χ1) is 16.2. The monoisotopic (exact) mass is 475 g/mol. The van der Waals surface area contributed by atoms with Crippen molar-refractivity contribution in [2.45, 2.75) is 38.8 Å². The van der Waals surface area contributed by atoms with Gasteiger partial charge in [0, 0.05) is 19.6 Å². The number of nitrogens with zero attached hydrogens (tertiary/aromatic N) is 1. The van der Waals surface area contributed by atoms with E-state index in [-0.39, 0.29) is 13.0 Å². The van der Waals surface area contributed by atoms with Crippen LogP contribution < -0.4 is 4.74 Å². The molecule has 0 atom stereocenters. The normalized spacial score (nSPS) is 14.4. The molecule has 0 N–H and O–H groups in total. The number of hydrogen-bond acceptors (Lipinski definition) is 5. The summed E-state index contributed by atoms with van der Waals surface area (Å²) in [5.74, 6) is -2.82. The molecule has 0 spiro atoms. The molecule has 0 amide bonds. The fraction of sp³-hybridized carbons (Fsp3) is 0.385. The largest absolute Gasteiger partial charge is 0.494 e. The molecule has 182 valence electrons. The van der Waals surface area contributed by atoms with Crippen molar-refractivity contribution in [2.24, 2.45) is 0 Å². The highest BCUT2D eigenvalue weighted by Crippen LogP contribution is 2.28. The van der Waals surface area contributed by atoms with Crippen LogP contribution in [0, 0.1) is 6.92 Å². The Morgan fingerprint density at radius 3 is 2.50 bits per heavy atom. The van der Waals surface area contributed by atoms with Crippen LogP contribution >= 0.6 is 0 Å². The average molecular weight is 476 g/mol. The molecule has 0 aromatic heterocycles. The van der Waals surface area contributed by atoms with Crippen LogP contribution in [0.25, 0.3) is 5.57 Å². The van der Waals surface area contributed by atoms with Crippen molar-refractivity contribution in [3.63, 3.8) is 0 Å². The third-order valence-corrected chi connectivity index (χ3v) is 5.63. The first-order valence-electron chi connectivity index (χ1n) is 11.2. The van der Waals surface area contributed by atoms with Crippen molar-refractivity contribution >= 4 is 17.5 Å². The predicted molar refractivity (Wildman–Crippen MR) is 122 cm³/mol. The molecule has 0 aliphatic carbocycles. The lowest BCUT2D eigenvalue weighted by Crippen LogP contribution is -2.33. The first kappa shape index (κ1) is 25.5. The van der Waals surface area contributed by atoms with Gasteiger partial charge < -0.3 is 9.47 Å². The van der Waals surface area contributed by atoms with Gasteiger partial charge in [0.1, 0.15) is 5.75 Å². The third-order valence-electron chi connectivity index (χ3n) is 5.63. The molecule has 0 fully saturated rings. The van der Waals surface area contributed by atoms with E-state index in [2.05, 4.69) is 22.9 Å². The summed E-state index contributed by atoms with van der Waals surface area (Å²) in [7, 11) is 0. The maximum atomic E-state index is 12.2. The third kappa shape index (κ3) is 7.73. The Balaban J connectivity index is 1.43. The van der Waals surface area contributed by atoms with Crippen LogP contribution in [0.3, 0.4) is 0 Å². The zero-order valence-corrected chi connectivity index (χ0v) is 19.1. The number of ether oxygens (including phenoxy) is 2. The summed E-state index contributed by atoms with van der Waals surface area (Å²) in [6.07, 6.45) is -0.742. The summed E-state index contributed by atoms with van der Waals surface area (Å²) in [4.78, 5) is 24.1. The van der Waals surface area contributed by atoms with Crippen LogP contribution in [0.1, 0.15) is 36.0 Å². The van der Waals surface area contributed by atoms with Gasteiger partial charge in [-0.25, -0.2) is 4.79 Å². The lowest BCUT2D eigenvalue weighted by molar-refractivity contribution is -0.201. The molecular formula is C26H28F3NO4. The van der Waals surface area contributed by atoms with E-state index < -0.39 is 18.1 Å². The number of hydrogen-bond donors (Lipinski definition) is 0. The van der Waals surface area contributed by atoms with Crippen LogP contribution in [-0.4, -0.2) is 49.3 Å². The molecule has 0 saturated heterocycles. The van der Waals surface area contributed by atoms with Gasteiger partial charge in [-0.1, -0.05) is 42.5 Å².